The van der Waals surface area contributed by atoms with E-state index in [9.17, 15) is 9.18 Å². The third-order valence-corrected chi connectivity index (χ3v) is 6.44. The van der Waals surface area contributed by atoms with Crippen LogP contribution in [-0.2, 0) is 14.0 Å². The van der Waals surface area contributed by atoms with Gasteiger partial charge in [-0.15, -0.1) is 0 Å². The molecule has 3 rings (SSSR count). The lowest BCUT2D eigenvalue weighted by molar-refractivity contribution is 0.00578. The molecule has 184 valence electrons. The molecule has 1 saturated heterocycles. The Kier molecular flexibility index (Phi) is 7.82. The van der Waals surface area contributed by atoms with Crippen molar-refractivity contribution in [3.63, 3.8) is 0 Å². The summed E-state index contributed by atoms with van der Waals surface area (Å²) >= 11 is 0. The summed E-state index contributed by atoms with van der Waals surface area (Å²) in [6, 6.07) is 5.25. The predicted molar refractivity (Wildman–Crippen MR) is 131 cm³/mol. The number of ether oxygens (including phenoxy) is 1. The molecule has 1 fully saturated rings. The van der Waals surface area contributed by atoms with Crippen LogP contribution in [0.2, 0.25) is 0 Å². The highest BCUT2D eigenvalue weighted by Gasteiger charge is 2.52. The van der Waals surface area contributed by atoms with E-state index in [1.807, 2.05) is 34.6 Å². The highest BCUT2D eigenvalue weighted by molar-refractivity contribution is 6.63. The maximum absolute atomic E-state index is 14.3. The summed E-state index contributed by atoms with van der Waals surface area (Å²) in [6.07, 6.45) is 3.86. The van der Waals surface area contributed by atoms with Crippen LogP contribution in [0.4, 0.5) is 21.8 Å². The van der Waals surface area contributed by atoms with Gasteiger partial charge in [-0.05, 0) is 58.1 Å². The first-order chi connectivity index (χ1) is 16.0. The Morgan fingerprint density at radius 1 is 1.21 bits per heavy atom. The van der Waals surface area contributed by atoms with Crippen molar-refractivity contribution in [3.8, 4) is 0 Å². The van der Waals surface area contributed by atoms with Gasteiger partial charge in [0.15, 0.2) is 11.6 Å². The molecule has 10 heteroatoms. The van der Waals surface area contributed by atoms with Gasteiger partial charge in [0.25, 0.3) is 0 Å². The summed E-state index contributed by atoms with van der Waals surface area (Å²) in [5, 5.41) is 6.20. The second-order valence-corrected chi connectivity index (χ2v) is 9.44. The van der Waals surface area contributed by atoms with Gasteiger partial charge in [0.2, 0.25) is 5.95 Å². The molecule has 1 aromatic carbocycles. The molecule has 0 aliphatic carbocycles. The van der Waals surface area contributed by atoms with Crippen LogP contribution in [0.5, 0.6) is 0 Å². The molecule has 2 N–H and O–H groups in total. The number of aromatic nitrogens is 2. The van der Waals surface area contributed by atoms with Crippen LogP contribution in [0, 0.1) is 5.82 Å². The Labute approximate surface area is 201 Å². The number of nitrogens with one attached hydrogen (secondary N) is 2. The Morgan fingerprint density at radius 3 is 2.47 bits per heavy atom. The van der Waals surface area contributed by atoms with Gasteiger partial charge < -0.3 is 24.7 Å². The van der Waals surface area contributed by atoms with Gasteiger partial charge in [-0.3, -0.25) is 0 Å². The van der Waals surface area contributed by atoms with Crippen molar-refractivity contribution in [2.24, 2.45) is 0 Å². The number of rotatable bonds is 9. The lowest BCUT2D eigenvalue weighted by atomic mass is 9.75. The molecule has 2 heterocycles. The van der Waals surface area contributed by atoms with E-state index >= 15 is 0 Å². The molecule has 1 aliphatic rings. The third-order valence-electron chi connectivity index (χ3n) is 6.44. The first kappa shape index (κ1) is 25.9. The molecule has 1 unspecified atom stereocenters. The SMILES string of the molecule is CCCC(CC)Nc1nc(Nc2ccc(B3OC(C)(C)C(C)(C)O3)c(C(=O)OC)c2)ncc1F. The predicted octanol–water partition coefficient (Wildman–Crippen LogP) is 4.44. The molecule has 1 atom stereocenters. The summed E-state index contributed by atoms with van der Waals surface area (Å²) in [7, 11) is 0.591. The molecule has 2 aromatic rings. The van der Waals surface area contributed by atoms with E-state index in [1.165, 1.54) is 7.11 Å². The molecule has 0 spiro atoms. The zero-order chi connectivity index (χ0) is 25.1. The van der Waals surface area contributed by atoms with E-state index in [2.05, 4.69) is 27.5 Å². The second-order valence-electron chi connectivity index (χ2n) is 9.44. The average molecular weight is 472 g/mol. The number of methoxy groups -OCH3 is 1. The van der Waals surface area contributed by atoms with Crippen LogP contribution < -0.4 is 16.1 Å². The topological polar surface area (TPSA) is 94.6 Å². The van der Waals surface area contributed by atoms with Crippen molar-refractivity contribution in [2.75, 3.05) is 17.7 Å². The fraction of sp³-hybridized carbons (Fsp3) is 0.542. The number of anilines is 3. The minimum Gasteiger partial charge on any atom is -0.465 e. The fourth-order valence-electron chi connectivity index (χ4n) is 3.67. The van der Waals surface area contributed by atoms with E-state index < -0.39 is 30.1 Å². The van der Waals surface area contributed by atoms with Gasteiger partial charge in [0.1, 0.15) is 0 Å². The summed E-state index contributed by atoms with van der Waals surface area (Å²) in [5.41, 5.74) is 0.283. The first-order valence-corrected chi connectivity index (χ1v) is 11.6. The van der Waals surface area contributed by atoms with Gasteiger partial charge in [0, 0.05) is 11.7 Å². The normalized spacial score (nSPS) is 17.4. The zero-order valence-electron chi connectivity index (χ0n) is 21.0. The van der Waals surface area contributed by atoms with E-state index in [1.54, 1.807) is 18.2 Å². The van der Waals surface area contributed by atoms with Gasteiger partial charge >= 0.3 is 13.1 Å². The van der Waals surface area contributed by atoms with E-state index in [-0.39, 0.29) is 17.8 Å². The van der Waals surface area contributed by atoms with E-state index in [0.717, 1.165) is 25.5 Å². The minimum atomic E-state index is -0.726. The van der Waals surface area contributed by atoms with Crippen molar-refractivity contribution >= 4 is 36.0 Å². The van der Waals surface area contributed by atoms with Crippen LogP contribution >= 0.6 is 0 Å². The summed E-state index contributed by atoms with van der Waals surface area (Å²) < 4.78 is 31.5. The highest BCUT2D eigenvalue weighted by Crippen LogP contribution is 2.37. The molecule has 0 saturated carbocycles. The number of carbonyl (C=O) groups is 1. The van der Waals surface area contributed by atoms with Crippen LogP contribution in [0.25, 0.3) is 0 Å². The Hall–Kier alpha value is -2.72. The van der Waals surface area contributed by atoms with Crippen LogP contribution in [0.1, 0.15) is 71.2 Å². The van der Waals surface area contributed by atoms with Crippen molar-refractivity contribution in [1.29, 1.82) is 0 Å². The maximum atomic E-state index is 14.3. The van der Waals surface area contributed by atoms with Crippen LogP contribution in [0.15, 0.2) is 24.4 Å². The van der Waals surface area contributed by atoms with E-state index in [0.29, 0.717) is 16.7 Å². The summed E-state index contributed by atoms with van der Waals surface area (Å²) in [5.74, 6) is -0.707. The van der Waals surface area contributed by atoms with Gasteiger partial charge in [-0.25, -0.2) is 14.2 Å². The Bertz CT molecular complexity index is 1020. The standard InChI is InChI=1S/C24H34BFN4O4/c1-8-10-15(9-2)28-20-19(26)14-27-22(30-20)29-16-11-12-18(17(13-16)21(31)32-7)25-33-23(3,4)24(5,6)34-25/h11-15H,8-10H2,1-7H3,(H2,27,28,29,30). The molecular weight excluding hydrogens is 438 g/mol. The second kappa shape index (κ2) is 10.3. The number of nitrogens with zero attached hydrogens (tertiary/aromatic N) is 2. The van der Waals surface area contributed by atoms with E-state index in [4.69, 9.17) is 14.0 Å². The van der Waals surface area contributed by atoms with Crippen molar-refractivity contribution in [2.45, 2.75) is 78.0 Å². The number of halogens is 1. The van der Waals surface area contributed by atoms with Gasteiger partial charge in [-0.1, -0.05) is 26.3 Å². The number of esters is 1. The highest BCUT2D eigenvalue weighted by atomic mass is 19.1. The van der Waals surface area contributed by atoms with Crippen molar-refractivity contribution < 1.29 is 23.2 Å². The molecule has 0 bridgehead atoms. The number of carbonyl (C=O) groups excluding carboxylic acids is 1. The third kappa shape index (κ3) is 5.50. The van der Waals surface area contributed by atoms with Gasteiger partial charge in [-0.2, -0.15) is 4.98 Å². The lowest BCUT2D eigenvalue weighted by Crippen LogP contribution is -2.41. The van der Waals surface area contributed by atoms with Crippen molar-refractivity contribution in [1.82, 2.24) is 9.97 Å². The number of benzene rings is 1. The van der Waals surface area contributed by atoms with Crippen molar-refractivity contribution in [3.05, 3.63) is 35.8 Å². The smallest absolute Gasteiger partial charge is 0.465 e. The molecule has 1 aromatic heterocycles. The Balaban J connectivity index is 1.88. The molecule has 0 radical (unpaired) electrons. The molecule has 34 heavy (non-hydrogen) atoms. The molecular formula is C24H34BFN4O4. The fourth-order valence-corrected chi connectivity index (χ4v) is 3.67. The zero-order valence-corrected chi connectivity index (χ0v) is 21.0. The molecule has 1 aliphatic heterocycles. The minimum absolute atomic E-state index is 0.118. The first-order valence-electron chi connectivity index (χ1n) is 11.6. The molecule has 8 nitrogen and oxygen atoms in total. The number of hydrogen-bond donors (Lipinski definition) is 2. The largest absolute Gasteiger partial charge is 0.495 e. The quantitative estimate of drug-likeness (QED) is 0.409. The summed E-state index contributed by atoms with van der Waals surface area (Å²) in [4.78, 5) is 20.9. The monoisotopic (exact) mass is 472 g/mol. The van der Waals surface area contributed by atoms with Gasteiger partial charge in [0.05, 0.1) is 30.1 Å². The van der Waals surface area contributed by atoms with Crippen LogP contribution in [-0.4, -0.2) is 47.4 Å². The Morgan fingerprint density at radius 2 is 1.88 bits per heavy atom. The lowest BCUT2D eigenvalue weighted by Gasteiger charge is -2.32. The maximum Gasteiger partial charge on any atom is 0.495 e. The number of hydrogen-bond acceptors (Lipinski definition) is 8. The average Bonchev–Trinajstić information content (AvgIpc) is 3.01. The van der Waals surface area contributed by atoms with Crippen LogP contribution in [0.3, 0.4) is 0 Å². The summed E-state index contributed by atoms with van der Waals surface area (Å²) in [6.45, 7) is 11.9. The molecule has 0 amide bonds.